The first-order chi connectivity index (χ1) is 8.60. The lowest BCUT2D eigenvalue weighted by molar-refractivity contribution is 0.0785. The Morgan fingerprint density at radius 3 is 3.00 bits per heavy atom. The maximum atomic E-state index is 12.2. The second-order valence-electron chi connectivity index (χ2n) is 4.15. The predicted molar refractivity (Wildman–Crippen MR) is 70.1 cm³/mol. The number of nitrogens with one attached hydrogen (secondary N) is 1. The number of aromatic nitrogens is 1. The molecule has 1 heterocycles. The minimum Gasteiger partial charge on any atom is -0.370 e. The van der Waals surface area contributed by atoms with Crippen molar-refractivity contribution in [2.45, 2.75) is 13.8 Å². The molecule has 1 N–H and O–H groups in total. The highest BCUT2D eigenvalue weighted by Gasteiger charge is 2.17. The zero-order valence-electron chi connectivity index (χ0n) is 11.0. The molecule has 18 heavy (non-hydrogen) atoms. The van der Waals surface area contributed by atoms with Crippen molar-refractivity contribution < 1.29 is 4.79 Å². The normalized spacial score (nSPS) is 11.4. The lowest BCUT2D eigenvalue weighted by Gasteiger charge is -2.19. The number of nitriles is 1. The molecule has 0 fully saturated rings. The van der Waals surface area contributed by atoms with Crippen LogP contribution >= 0.6 is 0 Å². The van der Waals surface area contributed by atoms with Crippen LogP contribution in [-0.4, -0.2) is 35.9 Å². The highest BCUT2D eigenvalue weighted by Crippen LogP contribution is 2.14. The quantitative estimate of drug-likeness (QED) is 0.859. The number of hydrogen-bond donors (Lipinski definition) is 1. The predicted octanol–water partition coefficient (Wildman–Crippen LogP) is 1.75. The molecule has 1 unspecified atom stereocenters. The summed E-state index contributed by atoms with van der Waals surface area (Å²) < 4.78 is 0. The van der Waals surface area contributed by atoms with Gasteiger partial charge in [-0.1, -0.05) is 0 Å². The van der Waals surface area contributed by atoms with Gasteiger partial charge in [-0.05, 0) is 26.0 Å². The van der Waals surface area contributed by atoms with Gasteiger partial charge in [0.15, 0.2) is 0 Å². The van der Waals surface area contributed by atoms with E-state index < -0.39 is 0 Å². The summed E-state index contributed by atoms with van der Waals surface area (Å²) in [5.41, 5.74) is 0.534. The molecule has 5 heteroatoms. The molecule has 0 radical (unpaired) electrons. The average Bonchev–Trinajstić information content (AvgIpc) is 2.38. The van der Waals surface area contributed by atoms with Crippen molar-refractivity contribution in [3.8, 4) is 6.07 Å². The fraction of sp³-hybridized carbons (Fsp3) is 0.462. The maximum Gasteiger partial charge on any atom is 0.257 e. The summed E-state index contributed by atoms with van der Waals surface area (Å²) in [6, 6.07) is 5.59. The van der Waals surface area contributed by atoms with Crippen LogP contribution in [0.3, 0.4) is 0 Å². The van der Waals surface area contributed by atoms with E-state index in [2.05, 4.69) is 16.4 Å². The Bertz CT molecular complexity index is 453. The van der Waals surface area contributed by atoms with Crippen molar-refractivity contribution in [2.75, 3.05) is 25.5 Å². The van der Waals surface area contributed by atoms with Gasteiger partial charge in [0.05, 0.1) is 17.6 Å². The average molecular weight is 246 g/mol. The summed E-state index contributed by atoms with van der Waals surface area (Å²) in [6.45, 7) is 4.86. The van der Waals surface area contributed by atoms with Crippen LogP contribution in [0.2, 0.25) is 0 Å². The van der Waals surface area contributed by atoms with E-state index in [0.29, 0.717) is 24.5 Å². The summed E-state index contributed by atoms with van der Waals surface area (Å²) >= 11 is 0. The third kappa shape index (κ3) is 3.45. The first kappa shape index (κ1) is 14.0. The summed E-state index contributed by atoms with van der Waals surface area (Å²) in [7, 11) is 1.69. The van der Waals surface area contributed by atoms with Crippen molar-refractivity contribution in [1.29, 1.82) is 5.26 Å². The van der Waals surface area contributed by atoms with Gasteiger partial charge in [-0.2, -0.15) is 5.26 Å². The smallest absolute Gasteiger partial charge is 0.257 e. The molecule has 0 aliphatic rings. The van der Waals surface area contributed by atoms with Crippen LogP contribution in [0.4, 0.5) is 5.82 Å². The van der Waals surface area contributed by atoms with Crippen molar-refractivity contribution in [3.63, 3.8) is 0 Å². The van der Waals surface area contributed by atoms with Gasteiger partial charge < -0.3 is 10.2 Å². The molecule has 0 aromatic carbocycles. The fourth-order valence-electron chi connectivity index (χ4n) is 1.63. The van der Waals surface area contributed by atoms with E-state index in [1.807, 2.05) is 6.92 Å². The molecule has 0 saturated carbocycles. The number of rotatable bonds is 5. The molecule has 1 aromatic heterocycles. The molecular formula is C13H18N4O. The minimum absolute atomic E-state index is 0.124. The highest BCUT2D eigenvalue weighted by molar-refractivity contribution is 5.98. The molecule has 0 aliphatic carbocycles. The fourth-order valence-corrected chi connectivity index (χ4v) is 1.63. The SMILES string of the molecule is CCNc1ncccc1C(=O)N(C)CC(C)C#N. The molecule has 0 spiro atoms. The van der Waals surface area contributed by atoms with Crippen LogP contribution in [0.15, 0.2) is 18.3 Å². The third-order valence-electron chi connectivity index (χ3n) is 2.50. The van der Waals surface area contributed by atoms with Crippen LogP contribution in [0.1, 0.15) is 24.2 Å². The number of hydrogen-bond acceptors (Lipinski definition) is 4. The van der Waals surface area contributed by atoms with Gasteiger partial charge in [0.1, 0.15) is 5.82 Å². The molecule has 1 rings (SSSR count). The first-order valence-electron chi connectivity index (χ1n) is 5.94. The zero-order valence-corrected chi connectivity index (χ0v) is 11.0. The monoisotopic (exact) mass is 246 g/mol. The molecule has 5 nitrogen and oxygen atoms in total. The van der Waals surface area contributed by atoms with Crippen molar-refractivity contribution in [3.05, 3.63) is 23.9 Å². The molecule has 0 aliphatic heterocycles. The standard InChI is InChI=1S/C13H18N4O/c1-4-15-12-11(6-5-7-16-12)13(18)17(3)9-10(2)8-14/h5-7,10H,4,9H2,1-3H3,(H,15,16). The lowest BCUT2D eigenvalue weighted by atomic mass is 10.1. The van der Waals surface area contributed by atoms with E-state index in [1.165, 1.54) is 0 Å². The van der Waals surface area contributed by atoms with Crippen molar-refractivity contribution in [2.24, 2.45) is 5.92 Å². The van der Waals surface area contributed by atoms with E-state index in [0.717, 1.165) is 0 Å². The molecule has 96 valence electrons. The number of pyridine rings is 1. The number of anilines is 1. The van der Waals surface area contributed by atoms with Gasteiger partial charge >= 0.3 is 0 Å². The highest BCUT2D eigenvalue weighted by atomic mass is 16.2. The summed E-state index contributed by atoms with van der Waals surface area (Å²) in [5.74, 6) is 0.279. The number of carbonyl (C=O) groups excluding carboxylic acids is 1. The molecular weight excluding hydrogens is 228 g/mol. The van der Waals surface area contributed by atoms with E-state index >= 15 is 0 Å². The Kier molecular flexibility index (Phi) is 5.12. The number of carbonyl (C=O) groups is 1. The Morgan fingerprint density at radius 1 is 1.67 bits per heavy atom. The zero-order chi connectivity index (χ0) is 13.5. The molecule has 1 atom stereocenters. The second kappa shape index (κ2) is 6.60. The number of nitrogens with zero attached hydrogens (tertiary/aromatic N) is 3. The van der Waals surface area contributed by atoms with Crippen LogP contribution in [0.25, 0.3) is 0 Å². The molecule has 1 amide bonds. The van der Waals surface area contributed by atoms with E-state index in [9.17, 15) is 4.79 Å². The Balaban J connectivity index is 2.86. The van der Waals surface area contributed by atoms with Crippen LogP contribution in [-0.2, 0) is 0 Å². The van der Waals surface area contributed by atoms with Gasteiger partial charge in [-0.3, -0.25) is 4.79 Å². The Labute approximate surface area is 107 Å². The summed E-state index contributed by atoms with van der Waals surface area (Å²) in [6.07, 6.45) is 1.65. The van der Waals surface area contributed by atoms with E-state index in [1.54, 1.807) is 37.2 Å². The van der Waals surface area contributed by atoms with Crippen LogP contribution < -0.4 is 5.32 Å². The van der Waals surface area contributed by atoms with Gasteiger partial charge in [-0.25, -0.2) is 4.98 Å². The first-order valence-corrected chi connectivity index (χ1v) is 5.94. The molecule has 0 bridgehead atoms. The largest absolute Gasteiger partial charge is 0.370 e. The van der Waals surface area contributed by atoms with E-state index in [-0.39, 0.29) is 11.8 Å². The number of amides is 1. The van der Waals surface area contributed by atoms with Gasteiger partial charge in [0.25, 0.3) is 5.91 Å². The Hall–Kier alpha value is -2.09. The van der Waals surface area contributed by atoms with Gasteiger partial charge in [0, 0.05) is 26.3 Å². The Morgan fingerprint density at radius 2 is 2.39 bits per heavy atom. The molecule has 0 saturated heterocycles. The van der Waals surface area contributed by atoms with Gasteiger partial charge in [0.2, 0.25) is 0 Å². The van der Waals surface area contributed by atoms with E-state index in [4.69, 9.17) is 5.26 Å². The van der Waals surface area contributed by atoms with Gasteiger partial charge in [-0.15, -0.1) is 0 Å². The summed E-state index contributed by atoms with van der Waals surface area (Å²) in [5, 5.41) is 11.8. The van der Waals surface area contributed by atoms with Crippen molar-refractivity contribution in [1.82, 2.24) is 9.88 Å². The minimum atomic E-state index is -0.182. The summed E-state index contributed by atoms with van der Waals surface area (Å²) in [4.78, 5) is 17.9. The maximum absolute atomic E-state index is 12.2. The van der Waals surface area contributed by atoms with Crippen LogP contribution in [0.5, 0.6) is 0 Å². The van der Waals surface area contributed by atoms with Crippen LogP contribution in [0, 0.1) is 17.2 Å². The second-order valence-corrected chi connectivity index (χ2v) is 4.15. The van der Waals surface area contributed by atoms with Crippen molar-refractivity contribution >= 4 is 11.7 Å². The lowest BCUT2D eigenvalue weighted by Crippen LogP contribution is -2.31. The molecule has 1 aromatic rings. The third-order valence-corrected chi connectivity index (χ3v) is 2.50. The topological polar surface area (TPSA) is 69.0 Å².